The number of carbonyl (C=O) groups excluding carboxylic acids is 1. The van der Waals surface area contributed by atoms with Crippen molar-refractivity contribution in [2.75, 3.05) is 6.54 Å². The fourth-order valence-electron chi connectivity index (χ4n) is 1.88. The van der Waals surface area contributed by atoms with Gasteiger partial charge in [0.25, 0.3) is 11.5 Å². The van der Waals surface area contributed by atoms with E-state index in [4.69, 9.17) is 0 Å². The van der Waals surface area contributed by atoms with Crippen molar-refractivity contribution in [3.63, 3.8) is 0 Å². The average Bonchev–Trinajstić information content (AvgIpc) is 2.37. The van der Waals surface area contributed by atoms with Crippen LogP contribution in [0.25, 0.3) is 11.0 Å². The van der Waals surface area contributed by atoms with Crippen LogP contribution in [-0.4, -0.2) is 22.4 Å². The minimum absolute atomic E-state index is 0.0820. The van der Waals surface area contributed by atoms with Crippen LogP contribution < -0.4 is 10.9 Å². The van der Waals surface area contributed by atoms with Crippen molar-refractivity contribution in [2.24, 2.45) is 5.92 Å². The van der Waals surface area contributed by atoms with Crippen molar-refractivity contribution >= 4 is 16.9 Å². The lowest BCUT2D eigenvalue weighted by atomic mass is 10.1. The number of aryl methyl sites for hydroxylation is 2. The van der Waals surface area contributed by atoms with Crippen LogP contribution in [0.5, 0.6) is 0 Å². The van der Waals surface area contributed by atoms with Gasteiger partial charge < -0.3 is 10.3 Å². The topological polar surface area (TPSA) is 74.8 Å². The lowest BCUT2D eigenvalue weighted by Crippen LogP contribution is -2.33. The van der Waals surface area contributed by atoms with E-state index in [0.717, 1.165) is 11.1 Å². The number of hydrogen-bond donors (Lipinski definition) is 2. The molecule has 106 valence electrons. The Morgan fingerprint density at radius 3 is 2.60 bits per heavy atom. The molecule has 1 heterocycles. The van der Waals surface area contributed by atoms with E-state index in [9.17, 15) is 9.59 Å². The van der Waals surface area contributed by atoms with E-state index < -0.39 is 11.5 Å². The predicted octanol–water partition coefficient (Wildman–Crippen LogP) is 1.93. The molecule has 0 aliphatic rings. The molecule has 1 aromatic carbocycles. The van der Waals surface area contributed by atoms with Gasteiger partial charge in [0, 0.05) is 6.54 Å². The van der Waals surface area contributed by atoms with Gasteiger partial charge in [0.15, 0.2) is 5.69 Å². The number of benzene rings is 1. The number of H-pyrrole nitrogens is 1. The molecule has 0 aliphatic heterocycles. The maximum absolute atomic E-state index is 12.0. The van der Waals surface area contributed by atoms with Gasteiger partial charge in [0.2, 0.25) is 0 Å². The molecule has 0 bridgehead atoms. The Morgan fingerprint density at radius 1 is 1.30 bits per heavy atom. The molecule has 0 saturated heterocycles. The number of fused-ring (bicyclic) bond motifs is 1. The molecular weight excluding hydrogens is 254 g/mol. The summed E-state index contributed by atoms with van der Waals surface area (Å²) in [6.07, 6.45) is 0. The number of aromatic nitrogens is 2. The highest BCUT2D eigenvalue weighted by atomic mass is 16.2. The van der Waals surface area contributed by atoms with E-state index in [1.54, 1.807) is 0 Å². The monoisotopic (exact) mass is 273 g/mol. The summed E-state index contributed by atoms with van der Waals surface area (Å²) in [6, 6.07) is 3.74. The second-order valence-electron chi connectivity index (χ2n) is 5.47. The van der Waals surface area contributed by atoms with E-state index >= 15 is 0 Å². The van der Waals surface area contributed by atoms with Gasteiger partial charge in [0.1, 0.15) is 0 Å². The van der Waals surface area contributed by atoms with Gasteiger partial charge in [0.05, 0.1) is 11.0 Å². The molecule has 0 fully saturated rings. The Balaban J connectivity index is 2.44. The van der Waals surface area contributed by atoms with Crippen LogP contribution in [0.15, 0.2) is 16.9 Å². The Morgan fingerprint density at radius 2 is 1.95 bits per heavy atom. The van der Waals surface area contributed by atoms with E-state index in [1.165, 1.54) is 0 Å². The second kappa shape index (κ2) is 5.45. The van der Waals surface area contributed by atoms with Crippen LogP contribution in [0.1, 0.15) is 35.5 Å². The van der Waals surface area contributed by atoms with Crippen molar-refractivity contribution in [1.82, 2.24) is 15.3 Å². The van der Waals surface area contributed by atoms with Gasteiger partial charge in [-0.1, -0.05) is 13.8 Å². The fourth-order valence-corrected chi connectivity index (χ4v) is 1.88. The summed E-state index contributed by atoms with van der Waals surface area (Å²) in [6.45, 7) is 8.44. The first-order valence-electron chi connectivity index (χ1n) is 6.68. The van der Waals surface area contributed by atoms with Gasteiger partial charge in [-0.25, -0.2) is 4.98 Å². The molecule has 5 nitrogen and oxygen atoms in total. The van der Waals surface area contributed by atoms with Gasteiger partial charge in [-0.15, -0.1) is 0 Å². The molecular formula is C15H19N3O2. The molecule has 2 aromatic rings. The summed E-state index contributed by atoms with van der Waals surface area (Å²) >= 11 is 0. The van der Waals surface area contributed by atoms with Crippen LogP contribution in [-0.2, 0) is 0 Å². The quantitative estimate of drug-likeness (QED) is 0.897. The largest absolute Gasteiger partial charge is 0.350 e. The summed E-state index contributed by atoms with van der Waals surface area (Å²) in [4.78, 5) is 30.8. The number of aromatic amines is 1. The number of carbonyl (C=O) groups is 1. The maximum Gasteiger partial charge on any atom is 0.280 e. The summed E-state index contributed by atoms with van der Waals surface area (Å²) < 4.78 is 0. The van der Waals surface area contributed by atoms with Gasteiger partial charge in [-0.05, 0) is 43.0 Å². The van der Waals surface area contributed by atoms with E-state index in [0.29, 0.717) is 23.5 Å². The zero-order valence-electron chi connectivity index (χ0n) is 12.2. The number of amides is 1. The minimum atomic E-state index is -0.456. The molecule has 2 N–H and O–H groups in total. The van der Waals surface area contributed by atoms with Crippen molar-refractivity contribution in [1.29, 1.82) is 0 Å². The molecule has 1 amide bonds. The summed E-state index contributed by atoms with van der Waals surface area (Å²) in [5.74, 6) is -0.108. The third-order valence-corrected chi connectivity index (χ3v) is 3.19. The standard InChI is InChI=1S/C15H19N3O2/c1-8(2)7-16-14(19)13-15(20)18-12-6-10(4)9(3)5-11(12)17-13/h5-6,8H,7H2,1-4H3,(H,16,19)(H,18,20). The third-order valence-electron chi connectivity index (χ3n) is 3.19. The van der Waals surface area contributed by atoms with Crippen molar-refractivity contribution in [3.05, 3.63) is 39.3 Å². The molecule has 20 heavy (non-hydrogen) atoms. The van der Waals surface area contributed by atoms with E-state index in [-0.39, 0.29) is 5.69 Å². The number of nitrogens with one attached hydrogen (secondary N) is 2. The van der Waals surface area contributed by atoms with Crippen LogP contribution in [0.3, 0.4) is 0 Å². The predicted molar refractivity (Wildman–Crippen MR) is 79.0 cm³/mol. The van der Waals surface area contributed by atoms with Gasteiger partial charge >= 0.3 is 0 Å². The third kappa shape index (κ3) is 2.87. The molecule has 0 atom stereocenters. The van der Waals surface area contributed by atoms with Crippen molar-refractivity contribution < 1.29 is 4.79 Å². The maximum atomic E-state index is 12.0. The van der Waals surface area contributed by atoms with Crippen molar-refractivity contribution in [3.8, 4) is 0 Å². The molecule has 2 rings (SSSR count). The second-order valence-corrected chi connectivity index (χ2v) is 5.47. The number of nitrogens with zero attached hydrogens (tertiary/aromatic N) is 1. The van der Waals surface area contributed by atoms with E-state index in [1.807, 2.05) is 39.8 Å². The normalized spacial score (nSPS) is 11.1. The molecule has 0 unspecified atom stereocenters. The zero-order valence-corrected chi connectivity index (χ0v) is 12.2. The highest BCUT2D eigenvalue weighted by Crippen LogP contribution is 2.14. The smallest absolute Gasteiger partial charge is 0.280 e. The molecule has 1 aromatic heterocycles. The number of rotatable bonds is 3. The molecule has 0 spiro atoms. The van der Waals surface area contributed by atoms with Gasteiger partial charge in [-0.3, -0.25) is 9.59 Å². The zero-order chi connectivity index (χ0) is 14.9. The van der Waals surface area contributed by atoms with Crippen LogP contribution >= 0.6 is 0 Å². The first kappa shape index (κ1) is 14.2. The highest BCUT2D eigenvalue weighted by Gasteiger charge is 2.14. The summed E-state index contributed by atoms with van der Waals surface area (Å²) in [7, 11) is 0. The van der Waals surface area contributed by atoms with Crippen LogP contribution in [0, 0.1) is 19.8 Å². The number of hydrogen-bond acceptors (Lipinski definition) is 3. The Kier molecular flexibility index (Phi) is 3.88. The summed E-state index contributed by atoms with van der Waals surface area (Å²) in [5, 5.41) is 2.71. The average molecular weight is 273 g/mol. The lowest BCUT2D eigenvalue weighted by Gasteiger charge is -2.08. The fraction of sp³-hybridized carbons (Fsp3) is 0.400. The molecule has 0 saturated carbocycles. The molecule has 0 radical (unpaired) electrons. The Labute approximate surface area is 117 Å². The van der Waals surface area contributed by atoms with E-state index in [2.05, 4.69) is 15.3 Å². The Bertz CT molecular complexity index is 717. The summed E-state index contributed by atoms with van der Waals surface area (Å²) in [5.41, 5.74) is 2.89. The molecule has 0 aliphatic carbocycles. The Hall–Kier alpha value is -2.17. The first-order chi connectivity index (χ1) is 9.38. The minimum Gasteiger partial charge on any atom is -0.350 e. The first-order valence-corrected chi connectivity index (χ1v) is 6.68. The highest BCUT2D eigenvalue weighted by molar-refractivity contribution is 5.93. The lowest BCUT2D eigenvalue weighted by molar-refractivity contribution is 0.0942. The SMILES string of the molecule is Cc1cc2nc(C(=O)NCC(C)C)c(=O)[nH]c2cc1C. The van der Waals surface area contributed by atoms with Crippen LogP contribution in [0.4, 0.5) is 0 Å². The van der Waals surface area contributed by atoms with Gasteiger partial charge in [-0.2, -0.15) is 0 Å². The van der Waals surface area contributed by atoms with Crippen LogP contribution in [0.2, 0.25) is 0 Å². The van der Waals surface area contributed by atoms with Crippen molar-refractivity contribution in [2.45, 2.75) is 27.7 Å². The molecule has 5 heteroatoms.